The zero-order chi connectivity index (χ0) is 13.5. The van der Waals surface area contributed by atoms with Crippen molar-refractivity contribution in [2.75, 3.05) is 6.54 Å². The Morgan fingerprint density at radius 3 is 2.05 bits per heavy atom. The van der Waals surface area contributed by atoms with Crippen LogP contribution in [0.3, 0.4) is 0 Å². The molecular weight excluding hydrogens is 242 g/mol. The summed E-state index contributed by atoms with van der Waals surface area (Å²) in [6.45, 7) is 0.650. The standard InChI is InChI=1S/C15H25NO3/c17-14(18)12-5-7-15(19,8-6-12)9-16-13(10-1-2-10)11-3-4-11/h10-13,16,19H,1-9H2,(H,17,18). The Morgan fingerprint density at radius 2 is 1.63 bits per heavy atom. The molecule has 0 amide bonds. The largest absolute Gasteiger partial charge is 0.481 e. The highest BCUT2D eigenvalue weighted by molar-refractivity contribution is 5.70. The molecule has 3 aliphatic carbocycles. The molecule has 4 heteroatoms. The summed E-state index contributed by atoms with van der Waals surface area (Å²) in [5.74, 6) is 0.727. The fourth-order valence-electron chi connectivity index (χ4n) is 3.52. The predicted molar refractivity (Wildman–Crippen MR) is 71.8 cm³/mol. The van der Waals surface area contributed by atoms with Gasteiger partial charge in [0.1, 0.15) is 0 Å². The predicted octanol–water partition coefficient (Wildman–Crippen LogP) is 1.77. The molecule has 0 bridgehead atoms. The van der Waals surface area contributed by atoms with Crippen molar-refractivity contribution >= 4 is 5.97 Å². The van der Waals surface area contributed by atoms with Gasteiger partial charge >= 0.3 is 5.97 Å². The van der Waals surface area contributed by atoms with E-state index in [1.54, 1.807) is 0 Å². The summed E-state index contributed by atoms with van der Waals surface area (Å²) in [5.41, 5.74) is -0.673. The maximum absolute atomic E-state index is 10.9. The molecule has 0 heterocycles. The summed E-state index contributed by atoms with van der Waals surface area (Å²) in [6, 6.07) is 0.612. The number of aliphatic hydroxyl groups is 1. The summed E-state index contributed by atoms with van der Waals surface area (Å²) < 4.78 is 0. The van der Waals surface area contributed by atoms with E-state index < -0.39 is 11.6 Å². The molecule has 0 spiro atoms. The SMILES string of the molecule is O=C(O)C1CCC(O)(CNC(C2CC2)C2CC2)CC1. The van der Waals surface area contributed by atoms with E-state index in [0.717, 1.165) is 11.8 Å². The van der Waals surface area contributed by atoms with Crippen molar-refractivity contribution in [3.63, 3.8) is 0 Å². The van der Waals surface area contributed by atoms with Gasteiger partial charge in [-0.15, -0.1) is 0 Å². The van der Waals surface area contributed by atoms with Gasteiger partial charge in [-0.05, 0) is 63.2 Å². The first-order valence-corrected chi connectivity index (χ1v) is 7.76. The first-order valence-electron chi connectivity index (χ1n) is 7.76. The maximum Gasteiger partial charge on any atom is 0.306 e. The molecule has 3 aliphatic rings. The van der Waals surface area contributed by atoms with Gasteiger partial charge < -0.3 is 15.5 Å². The minimum atomic E-state index is -0.705. The number of hydrogen-bond donors (Lipinski definition) is 3. The first kappa shape index (κ1) is 13.4. The van der Waals surface area contributed by atoms with Crippen molar-refractivity contribution < 1.29 is 15.0 Å². The summed E-state index contributed by atoms with van der Waals surface area (Å²) in [5, 5.41) is 23.2. The Labute approximate surface area is 114 Å². The third kappa shape index (κ3) is 3.29. The van der Waals surface area contributed by atoms with Crippen LogP contribution in [-0.2, 0) is 4.79 Å². The lowest BCUT2D eigenvalue weighted by Crippen LogP contribution is -2.48. The fraction of sp³-hybridized carbons (Fsp3) is 0.933. The number of carboxylic acid groups (broad SMARTS) is 1. The van der Waals surface area contributed by atoms with Gasteiger partial charge in [0.15, 0.2) is 0 Å². The van der Waals surface area contributed by atoms with Crippen LogP contribution in [0, 0.1) is 17.8 Å². The average molecular weight is 267 g/mol. The molecule has 0 aromatic heterocycles. The molecule has 4 nitrogen and oxygen atoms in total. The molecule has 0 atom stereocenters. The summed E-state index contributed by atoms with van der Waals surface area (Å²) in [6.07, 6.45) is 7.84. The second kappa shape index (κ2) is 5.06. The summed E-state index contributed by atoms with van der Waals surface area (Å²) >= 11 is 0. The molecule has 0 saturated heterocycles. The van der Waals surface area contributed by atoms with Crippen molar-refractivity contribution in [3.8, 4) is 0 Å². The molecule has 0 aromatic rings. The van der Waals surface area contributed by atoms with Crippen LogP contribution in [0.2, 0.25) is 0 Å². The molecule has 3 saturated carbocycles. The van der Waals surface area contributed by atoms with Crippen LogP contribution in [-0.4, -0.2) is 34.4 Å². The van der Waals surface area contributed by atoms with Crippen LogP contribution >= 0.6 is 0 Å². The maximum atomic E-state index is 10.9. The van der Waals surface area contributed by atoms with Crippen LogP contribution in [0.5, 0.6) is 0 Å². The zero-order valence-electron chi connectivity index (χ0n) is 11.5. The minimum Gasteiger partial charge on any atom is -0.481 e. The molecule has 3 N–H and O–H groups in total. The van der Waals surface area contributed by atoms with E-state index in [1.807, 2.05) is 0 Å². The van der Waals surface area contributed by atoms with Crippen LogP contribution in [0.4, 0.5) is 0 Å². The molecule has 19 heavy (non-hydrogen) atoms. The van der Waals surface area contributed by atoms with Gasteiger partial charge in [0.05, 0.1) is 11.5 Å². The van der Waals surface area contributed by atoms with Crippen LogP contribution in [0.1, 0.15) is 51.4 Å². The molecule has 0 unspecified atom stereocenters. The van der Waals surface area contributed by atoms with E-state index in [-0.39, 0.29) is 5.92 Å². The van der Waals surface area contributed by atoms with Gasteiger partial charge in [-0.25, -0.2) is 0 Å². The quantitative estimate of drug-likeness (QED) is 0.686. The highest BCUT2D eigenvalue weighted by atomic mass is 16.4. The van der Waals surface area contributed by atoms with E-state index in [0.29, 0.717) is 38.3 Å². The lowest BCUT2D eigenvalue weighted by molar-refractivity contribution is -0.144. The Balaban J connectivity index is 1.47. The fourth-order valence-corrected chi connectivity index (χ4v) is 3.52. The highest BCUT2D eigenvalue weighted by Crippen LogP contribution is 2.44. The van der Waals surface area contributed by atoms with Crippen molar-refractivity contribution in [2.24, 2.45) is 17.8 Å². The molecule has 3 fully saturated rings. The normalized spacial score (nSPS) is 35.6. The number of aliphatic carboxylic acids is 1. The Bertz CT molecular complexity index is 329. The lowest BCUT2D eigenvalue weighted by Gasteiger charge is -2.36. The number of carboxylic acids is 1. The first-order chi connectivity index (χ1) is 9.07. The average Bonchev–Trinajstić information content (AvgIpc) is 3.24. The number of rotatable bonds is 6. The van der Waals surface area contributed by atoms with Gasteiger partial charge in [0.2, 0.25) is 0 Å². The summed E-state index contributed by atoms with van der Waals surface area (Å²) in [4.78, 5) is 10.9. The summed E-state index contributed by atoms with van der Waals surface area (Å²) in [7, 11) is 0. The number of nitrogens with one attached hydrogen (secondary N) is 1. The van der Waals surface area contributed by atoms with Gasteiger partial charge in [-0.2, -0.15) is 0 Å². The number of hydrogen-bond acceptors (Lipinski definition) is 3. The van der Waals surface area contributed by atoms with Crippen molar-refractivity contribution in [1.82, 2.24) is 5.32 Å². The Morgan fingerprint density at radius 1 is 1.11 bits per heavy atom. The van der Waals surface area contributed by atoms with Crippen LogP contribution in [0.15, 0.2) is 0 Å². The molecular formula is C15H25NO3. The second-order valence-corrected chi connectivity index (χ2v) is 6.92. The molecule has 0 aliphatic heterocycles. The Hall–Kier alpha value is -0.610. The van der Waals surface area contributed by atoms with Gasteiger partial charge in [0.25, 0.3) is 0 Å². The van der Waals surface area contributed by atoms with Gasteiger partial charge in [-0.1, -0.05) is 0 Å². The Kier molecular flexibility index (Phi) is 3.56. The van der Waals surface area contributed by atoms with Gasteiger partial charge in [-0.3, -0.25) is 4.79 Å². The zero-order valence-corrected chi connectivity index (χ0v) is 11.5. The molecule has 3 rings (SSSR count). The van der Waals surface area contributed by atoms with E-state index in [2.05, 4.69) is 5.32 Å². The van der Waals surface area contributed by atoms with Crippen LogP contribution < -0.4 is 5.32 Å². The monoisotopic (exact) mass is 267 g/mol. The van der Waals surface area contributed by atoms with Crippen molar-refractivity contribution in [3.05, 3.63) is 0 Å². The third-order valence-electron chi connectivity index (χ3n) is 5.19. The topological polar surface area (TPSA) is 69.6 Å². The van der Waals surface area contributed by atoms with E-state index in [9.17, 15) is 9.90 Å². The van der Waals surface area contributed by atoms with Crippen molar-refractivity contribution in [1.29, 1.82) is 0 Å². The van der Waals surface area contributed by atoms with Crippen molar-refractivity contribution in [2.45, 2.75) is 63.0 Å². The number of carbonyl (C=O) groups is 1. The minimum absolute atomic E-state index is 0.247. The molecule has 108 valence electrons. The molecule has 0 aromatic carbocycles. The lowest BCUT2D eigenvalue weighted by atomic mass is 9.78. The third-order valence-corrected chi connectivity index (χ3v) is 5.19. The van der Waals surface area contributed by atoms with Crippen LogP contribution in [0.25, 0.3) is 0 Å². The molecule has 0 radical (unpaired) electrons. The van der Waals surface area contributed by atoms with E-state index in [4.69, 9.17) is 5.11 Å². The van der Waals surface area contributed by atoms with Gasteiger partial charge in [0, 0.05) is 12.6 Å². The second-order valence-electron chi connectivity index (χ2n) is 6.92. The highest BCUT2D eigenvalue weighted by Gasteiger charge is 2.43. The van der Waals surface area contributed by atoms with E-state index >= 15 is 0 Å². The smallest absolute Gasteiger partial charge is 0.306 e. The van der Waals surface area contributed by atoms with E-state index in [1.165, 1.54) is 25.7 Å².